The quantitative estimate of drug-likeness (QED) is 0.719. The topological polar surface area (TPSA) is 91.0 Å². The van der Waals surface area contributed by atoms with Crippen molar-refractivity contribution in [2.24, 2.45) is 5.92 Å². The maximum absolute atomic E-state index is 12.7. The van der Waals surface area contributed by atoms with Crippen LogP contribution in [0.2, 0.25) is 0 Å². The molecule has 0 aromatic rings. The summed E-state index contributed by atoms with van der Waals surface area (Å²) in [5.74, 6) is -0.121. The summed E-state index contributed by atoms with van der Waals surface area (Å²) in [5, 5.41) is 3.66. The zero-order chi connectivity index (χ0) is 17.3. The van der Waals surface area contributed by atoms with Gasteiger partial charge in [0.1, 0.15) is 5.54 Å². The molecule has 24 heavy (non-hydrogen) atoms. The van der Waals surface area contributed by atoms with Crippen molar-refractivity contribution in [3.8, 4) is 0 Å². The SMILES string of the molecule is CC1CCC2(CC1)NC(=O)N(NC(=O)CN1CCO[C@H](C)C1)C2=O. The first kappa shape index (κ1) is 17.2. The molecular weight excluding hydrogens is 312 g/mol. The second kappa shape index (κ2) is 6.68. The lowest BCUT2D eigenvalue weighted by molar-refractivity contribution is -0.141. The van der Waals surface area contributed by atoms with Gasteiger partial charge in [0.25, 0.3) is 11.8 Å². The van der Waals surface area contributed by atoms with Gasteiger partial charge in [0.15, 0.2) is 0 Å². The average molecular weight is 338 g/mol. The van der Waals surface area contributed by atoms with Gasteiger partial charge in [-0.2, -0.15) is 5.01 Å². The van der Waals surface area contributed by atoms with Crippen LogP contribution in [0.4, 0.5) is 4.79 Å². The molecule has 8 nitrogen and oxygen atoms in total. The van der Waals surface area contributed by atoms with Gasteiger partial charge in [-0.05, 0) is 38.5 Å². The Morgan fingerprint density at radius 2 is 2.04 bits per heavy atom. The van der Waals surface area contributed by atoms with E-state index < -0.39 is 11.6 Å². The number of rotatable bonds is 3. The Balaban J connectivity index is 1.57. The van der Waals surface area contributed by atoms with E-state index in [1.165, 1.54) is 0 Å². The third-order valence-electron chi connectivity index (χ3n) is 5.22. The van der Waals surface area contributed by atoms with Gasteiger partial charge in [-0.15, -0.1) is 0 Å². The fourth-order valence-electron chi connectivity index (χ4n) is 3.71. The molecule has 3 fully saturated rings. The average Bonchev–Trinajstić information content (AvgIpc) is 2.75. The molecular formula is C16H26N4O4. The highest BCUT2D eigenvalue weighted by Crippen LogP contribution is 2.35. The number of hydrogen-bond acceptors (Lipinski definition) is 5. The van der Waals surface area contributed by atoms with Crippen molar-refractivity contribution >= 4 is 17.8 Å². The molecule has 4 amide bonds. The lowest BCUT2D eigenvalue weighted by Crippen LogP contribution is -2.53. The van der Waals surface area contributed by atoms with Crippen LogP contribution in [0.5, 0.6) is 0 Å². The molecule has 2 saturated heterocycles. The first-order valence-electron chi connectivity index (χ1n) is 8.70. The summed E-state index contributed by atoms with van der Waals surface area (Å²) in [6, 6.07) is -0.529. The lowest BCUT2D eigenvalue weighted by atomic mass is 9.77. The molecule has 0 bridgehead atoms. The van der Waals surface area contributed by atoms with Gasteiger partial charge in [-0.1, -0.05) is 6.92 Å². The normalized spacial score (nSPS) is 34.5. The first-order chi connectivity index (χ1) is 11.4. The van der Waals surface area contributed by atoms with Crippen molar-refractivity contribution in [3.63, 3.8) is 0 Å². The lowest BCUT2D eigenvalue weighted by Gasteiger charge is -2.33. The summed E-state index contributed by atoms with van der Waals surface area (Å²) in [7, 11) is 0. The molecule has 134 valence electrons. The van der Waals surface area contributed by atoms with Crippen LogP contribution in [0, 0.1) is 5.92 Å². The highest BCUT2D eigenvalue weighted by atomic mass is 16.5. The van der Waals surface area contributed by atoms with E-state index in [0.29, 0.717) is 38.5 Å². The van der Waals surface area contributed by atoms with Crippen molar-refractivity contribution in [1.29, 1.82) is 0 Å². The molecule has 3 aliphatic rings. The van der Waals surface area contributed by atoms with Crippen LogP contribution >= 0.6 is 0 Å². The van der Waals surface area contributed by atoms with E-state index in [0.717, 1.165) is 17.9 Å². The van der Waals surface area contributed by atoms with Gasteiger partial charge in [0, 0.05) is 13.1 Å². The molecule has 2 heterocycles. The van der Waals surface area contributed by atoms with Crippen molar-refractivity contribution in [2.75, 3.05) is 26.2 Å². The second-order valence-corrected chi connectivity index (χ2v) is 7.29. The number of hydrazine groups is 1. The van der Waals surface area contributed by atoms with Crippen LogP contribution in [-0.4, -0.2) is 65.6 Å². The first-order valence-corrected chi connectivity index (χ1v) is 8.70. The van der Waals surface area contributed by atoms with Gasteiger partial charge in [0.2, 0.25) is 0 Å². The monoisotopic (exact) mass is 338 g/mol. The van der Waals surface area contributed by atoms with E-state index in [1.54, 1.807) is 0 Å². The maximum Gasteiger partial charge on any atom is 0.344 e. The molecule has 0 aromatic heterocycles. The molecule has 0 unspecified atom stereocenters. The van der Waals surface area contributed by atoms with E-state index in [4.69, 9.17) is 4.74 Å². The van der Waals surface area contributed by atoms with Crippen LogP contribution < -0.4 is 10.7 Å². The summed E-state index contributed by atoms with van der Waals surface area (Å²) in [6.07, 6.45) is 3.15. The van der Waals surface area contributed by atoms with Crippen molar-refractivity contribution < 1.29 is 19.1 Å². The molecule has 1 aliphatic carbocycles. The summed E-state index contributed by atoms with van der Waals surface area (Å²) >= 11 is 0. The van der Waals surface area contributed by atoms with E-state index in [9.17, 15) is 14.4 Å². The number of carbonyl (C=O) groups excluding carboxylic acids is 3. The Morgan fingerprint density at radius 3 is 2.71 bits per heavy atom. The Morgan fingerprint density at radius 1 is 1.33 bits per heavy atom. The minimum Gasteiger partial charge on any atom is -0.376 e. The molecule has 0 aromatic carbocycles. The number of hydrogen-bond donors (Lipinski definition) is 2. The maximum atomic E-state index is 12.7. The number of amides is 4. The Labute approximate surface area is 141 Å². The highest BCUT2D eigenvalue weighted by Gasteiger charge is 2.52. The Bertz CT molecular complexity index is 530. The van der Waals surface area contributed by atoms with Gasteiger partial charge in [-0.25, -0.2) is 4.79 Å². The smallest absolute Gasteiger partial charge is 0.344 e. The third kappa shape index (κ3) is 3.39. The van der Waals surface area contributed by atoms with Crippen molar-refractivity contribution in [3.05, 3.63) is 0 Å². The zero-order valence-electron chi connectivity index (χ0n) is 14.3. The van der Waals surface area contributed by atoms with E-state index in [-0.39, 0.29) is 24.5 Å². The fourth-order valence-corrected chi connectivity index (χ4v) is 3.71. The van der Waals surface area contributed by atoms with Gasteiger partial charge in [-0.3, -0.25) is 19.9 Å². The minimum atomic E-state index is -0.829. The number of nitrogens with zero attached hydrogens (tertiary/aromatic N) is 2. The number of carbonyl (C=O) groups is 3. The summed E-state index contributed by atoms with van der Waals surface area (Å²) < 4.78 is 5.44. The number of urea groups is 1. The second-order valence-electron chi connectivity index (χ2n) is 7.29. The molecule has 1 atom stereocenters. The highest BCUT2D eigenvalue weighted by molar-refractivity contribution is 6.08. The minimum absolute atomic E-state index is 0.0794. The Hall–Kier alpha value is -1.67. The number of morpholine rings is 1. The van der Waals surface area contributed by atoms with E-state index >= 15 is 0 Å². The van der Waals surface area contributed by atoms with Crippen LogP contribution in [0.25, 0.3) is 0 Å². The van der Waals surface area contributed by atoms with Crippen LogP contribution in [-0.2, 0) is 14.3 Å². The number of imide groups is 1. The molecule has 2 N–H and O–H groups in total. The zero-order valence-corrected chi connectivity index (χ0v) is 14.3. The molecule has 0 radical (unpaired) electrons. The largest absolute Gasteiger partial charge is 0.376 e. The predicted molar refractivity (Wildman–Crippen MR) is 85.7 cm³/mol. The molecule has 2 aliphatic heterocycles. The summed E-state index contributed by atoms with van der Waals surface area (Å²) in [4.78, 5) is 39.0. The number of ether oxygens (including phenoxy) is 1. The summed E-state index contributed by atoms with van der Waals surface area (Å²) in [5.41, 5.74) is 1.64. The predicted octanol–water partition coefficient (Wildman–Crippen LogP) is 0.239. The standard InChI is InChI=1S/C16H26N4O4/c1-11-3-5-16(6-4-11)14(22)20(15(23)17-16)18-13(21)10-19-7-8-24-12(2)9-19/h11-12H,3-10H2,1-2H3,(H,17,23)(H,18,21)/t11?,12-,16?/m1/s1. The number of nitrogens with one attached hydrogen (secondary N) is 2. The fraction of sp³-hybridized carbons (Fsp3) is 0.812. The van der Waals surface area contributed by atoms with E-state index in [2.05, 4.69) is 17.7 Å². The third-order valence-corrected chi connectivity index (χ3v) is 5.22. The van der Waals surface area contributed by atoms with Crippen LogP contribution in [0.15, 0.2) is 0 Å². The van der Waals surface area contributed by atoms with Crippen LogP contribution in [0.1, 0.15) is 39.5 Å². The van der Waals surface area contributed by atoms with Gasteiger partial charge in [0.05, 0.1) is 19.3 Å². The van der Waals surface area contributed by atoms with Crippen LogP contribution in [0.3, 0.4) is 0 Å². The van der Waals surface area contributed by atoms with Gasteiger partial charge >= 0.3 is 6.03 Å². The molecule has 8 heteroatoms. The molecule has 1 spiro atoms. The van der Waals surface area contributed by atoms with Gasteiger partial charge < -0.3 is 10.1 Å². The Kier molecular flexibility index (Phi) is 4.78. The van der Waals surface area contributed by atoms with E-state index in [1.807, 2.05) is 11.8 Å². The summed E-state index contributed by atoms with van der Waals surface area (Å²) in [6.45, 7) is 6.16. The molecule has 1 saturated carbocycles. The van der Waals surface area contributed by atoms with Crippen molar-refractivity contribution in [2.45, 2.75) is 51.2 Å². The van der Waals surface area contributed by atoms with Crippen molar-refractivity contribution in [1.82, 2.24) is 20.7 Å². The molecule has 3 rings (SSSR count).